The van der Waals surface area contributed by atoms with Crippen LogP contribution in [0.3, 0.4) is 0 Å². The summed E-state index contributed by atoms with van der Waals surface area (Å²) in [6.07, 6.45) is 1.69. The molecule has 0 spiro atoms. The van der Waals surface area contributed by atoms with Crippen LogP contribution in [-0.4, -0.2) is 27.8 Å². The highest BCUT2D eigenvalue weighted by Crippen LogP contribution is 2.34. The highest BCUT2D eigenvalue weighted by Gasteiger charge is 2.30. The normalized spacial score (nSPS) is 23.3. The second-order valence-corrected chi connectivity index (χ2v) is 7.77. The Hall–Kier alpha value is -0.410. The van der Waals surface area contributed by atoms with Gasteiger partial charge in [-0.15, -0.1) is 11.8 Å². The fourth-order valence-electron chi connectivity index (χ4n) is 2.42. The Morgan fingerprint density at radius 3 is 2.63 bits per heavy atom. The molecule has 1 nitrogen and oxygen atoms in total. The summed E-state index contributed by atoms with van der Waals surface area (Å²) in [6.45, 7) is 6.42. The first-order valence-electron chi connectivity index (χ1n) is 6.94. The minimum absolute atomic E-state index is 0.199. The lowest BCUT2D eigenvalue weighted by Crippen LogP contribution is -2.33. The number of hydrogen-bond donors (Lipinski definition) is 0. The van der Waals surface area contributed by atoms with Gasteiger partial charge in [-0.05, 0) is 37.0 Å². The van der Waals surface area contributed by atoms with E-state index in [0.29, 0.717) is 17.5 Å². The van der Waals surface area contributed by atoms with Gasteiger partial charge in [-0.1, -0.05) is 25.1 Å². The van der Waals surface area contributed by atoms with Gasteiger partial charge in [0, 0.05) is 23.2 Å². The Labute approximate surface area is 124 Å². The van der Waals surface area contributed by atoms with Crippen molar-refractivity contribution < 1.29 is 4.79 Å². The predicted octanol–water partition coefficient (Wildman–Crippen LogP) is 4.04. The van der Waals surface area contributed by atoms with Crippen molar-refractivity contribution >= 4 is 29.3 Å². The second kappa shape index (κ2) is 6.85. The van der Waals surface area contributed by atoms with E-state index >= 15 is 0 Å². The summed E-state index contributed by atoms with van der Waals surface area (Å²) in [5, 5.41) is 0.711. The molecule has 1 heterocycles. The number of thioether (sulfide) groups is 2. The smallest absolute Gasteiger partial charge is 0.151 e. The monoisotopic (exact) mass is 294 g/mol. The number of rotatable bonds is 4. The van der Waals surface area contributed by atoms with Crippen molar-refractivity contribution in [2.75, 3.05) is 11.5 Å². The third-order valence-corrected chi connectivity index (χ3v) is 7.01. The van der Waals surface area contributed by atoms with Crippen LogP contribution in [0.2, 0.25) is 0 Å². The van der Waals surface area contributed by atoms with E-state index in [2.05, 4.69) is 39.0 Å². The molecule has 1 aliphatic heterocycles. The first-order valence-corrected chi connectivity index (χ1v) is 9.03. The summed E-state index contributed by atoms with van der Waals surface area (Å²) in [7, 11) is 0. The zero-order chi connectivity index (χ0) is 13.8. The SMILES string of the molecule is CCC1SCCSC1C(=O)Cc1ccc(C)c(C)c1. The molecule has 0 bridgehead atoms. The molecule has 19 heavy (non-hydrogen) atoms. The lowest BCUT2D eigenvalue weighted by molar-refractivity contribution is -0.117. The predicted molar refractivity (Wildman–Crippen MR) is 87.4 cm³/mol. The molecular formula is C16H22OS2. The van der Waals surface area contributed by atoms with Crippen molar-refractivity contribution in [1.29, 1.82) is 0 Å². The van der Waals surface area contributed by atoms with Gasteiger partial charge in [-0.3, -0.25) is 4.79 Å². The fourth-order valence-corrected chi connectivity index (χ4v) is 5.45. The van der Waals surface area contributed by atoms with E-state index in [9.17, 15) is 4.79 Å². The zero-order valence-corrected chi connectivity index (χ0v) is 13.6. The molecule has 2 rings (SSSR count). The molecule has 3 heteroatoms. The fraction of sp³-hybridized carbons (Fsp3) is 0.562. The highest BCUT2D eigenvalue weighted by molar-refractivity contribution is 8.07. The van der Waals surface area contributed by atoms with Gasteiger partial charge < -0.3 is 0 Å². The van der Waals surface area contributed by atoms with Gasteiger partial charge in [0.2, 0.25) is 0 Å². The van der Waals surface area contributed by atoms with Gasteiger partial charge in [0.1, 0.15) is 0 Å². The van der Waals surface area contributed by atoms with Gasteiger partial charge in [-0.25, -0.2) is 0 Å². The Bertz CT molecular complexity index is 456. The average Bonchev–Trinajstić information content (AvgIpc) is 2.43. The van der Waals surface area contributed by atoms with Gasteiger partial charge in [0.15, 0.2) is 5.78 Å². The third kappa shape index (κ3) is 3.79. The van der Waals surface area contributed by atoms with E-state index in [-0.39, 0.29) is 5.25 Å². The van der Waals surface area contributed by atoms with Crippen molar-refractivity contribution in [3.05, 3.63) is 34.9 Å². The summed E-state index contributed by atoms with van der Waals surface area (Å²) in [4.78, 5) is 12.5. The van der Waals surface area contributed by atoms with Crippen molar-refractivity contribution in [3.63, 3.8) is 0 Å². The van der Waals surface area contributed by atoms with Crippen LogP contribution in [0.25, 0.3) is 0 Å². The first-order chi connectivity index (χ1) is 9.11. The van der Waals surface area contributed by atoms with Crippen LogP contribution in [0, 0.1) is 13.8 Å². The minimum Gasteiger partial charge on any atom is -0.298 e. The van der Waals surface area contributed by atoms with Crippen LogP contribution in [0.5, 0.6) is 0 Å². The summed E-state index contributed by atoms with van der Waals surface area (Å²) in [6, 6.07) is 6.38. The lowest BCUT2D eigenvalue weighted by atomic mass is 10.0. The summed E-state index contributed by atoms with van der Waals surface area (Å²) in [5.74, 6) is 2.72. The topological polar surface area (TPSA) is 17.1 Å². The van der Waals surface area contributed by atoms with E-state index in [1.165, 1.54) is 22.4 Å². The van der Waals surface area contributed by atoms with Crippen LogP contribution in [0.4, 0.5) is 0 Å². The Balaban J connectivity index is 2.05. The average molecular weight is 294 g/mol. The van der Waals surface area contributed by atoms with Gasteiger partial charge in [0.05, 0.1) is 5.25 Å². The second-order valence-electron chi connectivity index (χ2n) is 5.17. The molecule has 2 atom stereocenters. The molecule has 104 valence electrons. The van der Waals surface area contributed by atoms with Gasteiger partial charge in [-0.2, -0.15) is 11.8 Å². The maximum absolute atomic E-state index is 12.5. The van der Waals surface area contributed by atoms with Crippen LogP contribution >= 0.6 is 23.5 Å². The largest absolute Gasteiger partial charge is 0.298 e. The molecule has 0 N–H and O–H groups in total. The molecule has 2 unspecified atom stereocenters. The van der Waals surface area contributed by atoms with Crippen LogP contribution < -0.4 is 0 Å². The number of benzene rings is 1. The number of carbonyl (C=O) groups is 1. The van der Waals surface area contributed by atoms with E-state index < -0.39 is 0 Å². The molecular weight excluding hydrogens is 272 g/mol. The number of hydrogen-bond acceptors (Lipinski definition) is 3. The molecule has 0 aliphatic carbocycles. The minimum atomic E-state index is 0.199. The lowest BCUT2D eigenvalue weighted by Gasteiger charge is -2.28. The molecule has 0 saturated carbocycles. The number of Topliss-reactive ketones (excluding diaryl/α,β-unsaturated/α-hetero) is 1. The van der Waals surface area contributed by atoms with E-state index in [0.717, 1.165) is 12.2 Å². The van der Waals surface area contributed by atoms with Crippen molar-refractivity contribution in [1.82, 2.24) is 0 Å². The number of aryl methyl sites for hydroxylation is 2. The standard InChI is InChI=1S/C16H22OS2/c1-4-15-16(19-8-7-18-15)14(17)10-13-6-5-11(2)12(3)9-13/h5-6,9,15-16H,4,7-8,10H2,1-3H3. The van der Waals surface area contributed by atoms with Crippen LogP contribution in [0.1, 0.15) is 30.0 Å². The molecule has 1 aliphatic rings. The molecule has 1 saturated heterocycles. The quantitative estimate of drug-likeness (QED) is 0.834. The Morgan fingerprint density at radius 2 is 1.95 bits per heavy atom. The maximum Gasteiger partial charge on any atom is 0.151 e. The Kier molecular flexibility index (Phi) is 5.40. The van der Waals surface area contributed by atoms with Crippen LogP contribution in [-0.2, 0) is 11.2 Å². The zero-order valence-electron chi connectivity index (χ0n) is 11.9. The molecule has 0 amide bonds. The van der Waals surface area contributed by atoms with Crippen molar-refractivity contribution in [3.8, 4) is 0 Å². The van der Waals surface area contributed by atoms with E-state index in [4.69, 9.17) is 0 Å². The first kappa shape index (κ1) is 15.0. The Morgan fingerprint density at radius 1 is 1.21 bits per heavy atom. The van der Waals surface area contributed by atoms with Gasteiger partial charge in [0.25, 0.3) is 0 Å². The summed E-state index contributed by atoms with van der Waals surface area (Å²) in [5.41, 5.74) is 3.74. The molecule has 1 aromatic rings. The maximum atomic E-state index is 12.5. The summed E-state index contributed by atoms with van der Waals surface area (Å²) >= 11 is 3.83. The van der Waals surface area contributed by atoms with Crippen molar-refractivity contribution in [2.45, 2.75) is 44.1 Å². The highest BCUT2D eigenvalue weighted by atomic mass is 32.2. The third-order valence-electron chi connectivity index (χ3n) is 3.72. The number of carbonyl (C=O) groups excluding carboxylic acids is 1. The molecule has 0 radical (unpaired) electrons. The van der Waals surface area contributed by atoms with Gasteiger partial charge >= 0.3 is 0 Å². The number of ketones is 1. The van der Waals surface area contributed by atoms with E-state index in [1.54, 1.807) is 0 Å². The molecule has 1 aromatic carbocycles. The van der Waals surface area contributed by atoms with E-state index in [1.807, 2.05) is 23.5 Å². The van der Waals surface area contributed by atoms with Crippen molar-refractivity contribution in [2.24, 2.45) is 0 Å². The van der Waals surface area contributed by atoms with Crippen LogP contribution in [0.15, 0.2) is 18.2 Å². The molecule has 0 aromatic heterocycles. The summed E-state index contributed by atoms with van der Waals surface area (Å²) < 4.78 is 0. The molecule has 1 fully saturated rings.